The maximum Gasteiger partial charge on any atom is 0.265 e. The molecule has 3 amide bonds. The van der Waals surface area contributed by atoms with Gasteiger partial charge in [-0.05, 0) is 50.1 Å². The minimum Gasteiger partial charge on any atom is -0.356 e. The molecule has 8 nitrogen and oxygen atoms in total. The zero-order chi connectivity index (χ0) is 26.5. The van der Waals surface area contributed by atoms with E-state index >= 15 is 0 Å². The molecule has 0 fully saturated rings. The van der Waals surface area contributed by atoms with E-state index in [-0.39, 0.29) is 17.7 Å². The van der Waals surface area contributed by atoms with Gasteiger partial charge in [-0.15, -0.1) is 13.2 Å². The van der Waals surface area contributed by atoms with E-state index in [1.165, 1.54) is 0 Å². The highest BCUT2D eigenvalue weighted by molar-refractivity contribution is 5.95. The van der Waals surface area contributed by atoms with Gasteiger partial charge in [0.1, 0.15) is 0 Å². The van der Waals surface area contributed by atoms with Crippen LogP contribution >= 0.6 is 0 Å². The van der Waals surface area contributed by atoms with Crippen molar-refractivity contribution < 1.29 is 14.4 Å². The number of benzene rings is 2. The zero-order valence-corrected chi connectivity index (χ0v) is 21.3. The Morgan fingerprint density at radius 3 is 2.14 bits per heavy atom. The van der Waals surface area contributed by atoms with Gasteiger partial charge in [-0.25, -0.2) is 5.84 Å². The second kappa shape index (κ2) is 19.9. The molecule has 192 valence electrons. The molecule has 0 atom stereocenters. The van der Waals surface area contributed by atoms with Crippen LogP contribution in [0.4, 0.5) is 5.69 Å². The Labute approximate surface area is 209 Å². The normalized spacial score (nSPS) is 9.49. The Kier molecular flexibility index (Phi) is 17.9. The highest BCUT2D eigenvalue weighted by atomic mass is 16.2. The summed E-state index contributed by atoms with van der Waals surface area (Å²) in [4.78, 5) is 35.6. The lowest BCUT2D eigenvalue weighted by molar-refractivity contribution is -0.121. The van der Waals surface area contributed by atoms with Crippen LogP contribution in [-0.4, -0.2) is 30.8 Å². The van der Waals surface area contributed by atoms with Crippen molar-refractivity contribution in [2.24, 2.45) is 5.84 Å². The van der Waals surface area contributed by atoms with Gasteiger partial charge in [-0.1, -0.05) is 49.7 Å². The highest BCUT2D eigenvalue weighted by Crippen LogP contribution is 2.10. The van der Waals surface area contributed by atoms with Gasteiger partial charge in [0, 0.05) is 37.2 Å². The summed E-state index contributed by atoms with van der Waals surface area (Å²) in [6, 6.07) is 14.8. The Hall–Kier alpha value is -3.49. The summed E-state index contributed by atoms with van der Waals surface area (Å²) in [6.45, 7) is 13.8. The van der Waals surface area contributed by atoms with Crippen molar-refractivity contribution in [3.05, 3.63) is 78.4 Å². The fourth-order valence-corrected chi connectivity index (χ4v) is 3.00. The van der Waals surface area contributed by atoms with Crippen LogP contribution in [0.5, 0.6) is 0 Å². The number of carbonyl (C=O) groups is 3. The van der Waals surface area contributed by atoms with Crippen LogP contribution < -0.4 is 27.2 Å². The van der Waals surface area contributed by atoms with Crippen LogP contribution in [0.2, 0.25) is 0 Å². The van der Waals surface area contributed by atoms with Crippen molar-refractivity contribution in [3.63, 3.8) is 0 Å². The standard InChI is InChI=1S/C23H31N5O3.C2H6.C2H4/c1-17-10-12-19(13-11-17)27-22(30)9-4-8-21(29)26-15-5-14-25-16-18-6-2-3-7-20(18)23(31)28-24;2*1-2/h2-3,6-7,10-13,25H,4-5,8-9,14-16,24H2,1H3,(H,26,29)(H,27,30)(H,28,31);1-2H3;1-2H2. The van der Waals surface area contributed by atoms with Crippen molar-refractivity contribution in [2.75, 3.05) is 18.4 Å². The summed E-state index contributed by atoms with van der Waals surface area (Å²) < 4.78 is 0. The molecule has 2 rings (SSSR count). The highest BCUT2D eigenvalue weighted by Gasteiger charge is 2.09. The lowest BCUT2D eigenvalue weighted by Crippen LogP contribution is -2.31. The topological polar surface area (TPSA) is 125 Å². The first kappa shape index (κ1) is 31.5. The monoisotopic (exact) mass is 483 g/mol. The number of anilines is 1. The van der Waals surface area contributed by atoms with Gasteiger partial charge in [0.15, 0.2) is 0 Å². The lowest BCUT2D eigenvalue weighted by Gasteiger charge is -2.10. The summed E-state index contributed by atoms with van der Waals surface area (Å²) >= 11 is 0. The Bertz CT molecular complexity index is 885. The molecule has 0 saturated heterocycles. The van der Waals surface area contributed by atoms with Crippen LogP contribution in [0.1, 0.15) is 61.0 Å². The molecule has 2 aromatic rings. The first-order chi connectivity index (χ1) is 17.0. The SMILES string of the molecule is C=C.CC.Cc1ccc(NC(=O)CCCC(=O)NCCCNCc2ccccc2C(=O)NN)cc1. The van der Waals surface area contributed by atoms with E-state index in [1.54, 1.807) is 12.1 Å². The molecule has 0 aliphatic rings. The molecule has 0 aliphatic heterocycles. The quantitative estimate of drug-likeness (QED) is 0.103. The van der Waals surface area contributed by atoms with Crippen molar-refractivity contribution in [1.82, 2.24) is 16.1 Å². The van der Waals surface area contributed by atoms with Crippen LogP contribution in [-0.2, 0) is 16.1 Å². The fourth-order valence-electron chi connectivity index (χ4n) is 3.00. The molecule has 0 heterocycles. The maximum absolute atomic E-state index is 11.9. The van der Waals surface area contributed by atoms with E-state index in [2.05, 4.69) is 34.5 Å². The average molecular weight is 484 g/mol. The van der Waals surface area contributed by atoms with Crippen LogP contribution in [0.25, 0.3) is 0 Å². The summed E-state index contributed by atoms with van der Waals surface area (Å²) in [5.41, 5.74) is 5.44. The number of nitrogen functional groups attached to an aromatic ring is 1. The third-order valence-electron chi connectivity index (χ3n) is 4.70. The van der Waals surface area contributed by atoms with E-state index in [0.717, 1.165) is 23.2 Å². The number of hydrogen-bond donors (Lipinski definition) is 5. The number of rotatable bonds is 12. The van der Waals surface area contributed by atoms with Crippen LogP contribution in [0.3, 0.4) is 0 Å². The Balaban J connectivity index is 0.00000274. The largest absolute Gasteiger partial charge is 0.356 e. The zero-order valence-electron chi connectivity index (χ0n) is 21.3. The number of nitrogens with two attached hydrogens (primary N) is 1. The lowest BCUT2D eigenvalue weighted by atomic mass is 10.1. The van der Waals surface area contributed by atoms with Crippen molar-refractivity contribution in [3.8, 4) is 0 Å². The van der Waals surface area contributed by atoms with Gasteiger partial charge < -0.3 is 16.0 Å². The first-order valence-corrected chi connectivity index (χ1v) is 11.9. The van der Waals surface area contributed by atoms with E-state index in [9.17, 15) is 14.4 Å². The minimum atomic E-state index is -0.322. The number of hydrogen-bond acceptors (Lipinski definition) is 5. The Morgan fingerprint density at radius 1 is 0.857 bits per heavy atom. The molecule has 0 aliphatic carbocycles. The van der Waals surface area contributed by atoms with Gasteiger partial charge in [-0.3, -0.25) is 19.8 Å². The third-order valence-corrected chi connectivity index (χ3v) is 4.70. The fraction of sp³-hybridized carbons (Fsp3) is 0.370. The number of amides is 3. The number of nitrogens with one attached hydrogen (secondary N) is 4. The molecule has 6 N–H and O–H groups in total. The number of carbonyl (C=O) groups excluding carboxylic acids is 3. The summed E-state index contributed by atoms with van der Waals surface area (Å²) in [7, 11) is 0. The van der Waals surface area contributed by atoms with Gasteiger partial charge >= 0.3 is 0 Å². The van der Waals surface area contributed by atoms with Crippen LogP contribution in [0.15, 0.2) is 61.7 Å². The smallest absolute Gasteiger partial charge is 0.265 e. The van der Waals surface area contributed by atoms with E-state index in [1.807, 2.05) is 57.2 Å². The Morgan fingerprint density at radius 2 is 1.49 bits per heavy atom. The second-order valence-corrected chi connectivity index (χ2v) is 7.28. The summed E-state index contributed by atoms with van der Waals surface area (Å²) in [6.07, 6.45) is 1.88. The van der Waals surface area contributed by atoms with Gasteiger partial charge in [-0.2, -0.15) is 0 Å². The van der Waals surface area contributed by atoms with Gasteiger partial charge in [0.2, 0.25) is 11.8 Å². The molecule has 0 spiro atoms. The summed E-state index contributed by atoms with van der Waals surface area (Å²) in [5, 5.41) is 8.94. The number of aryl methyl sites for hydroxylation is 1. The third kappa shape index (κ3) is 13.7. The molecular weight excluding hydrogens is 442 g/mol. The molecule has 0 unspecified atom stereocenters. The molecule has 8 heteroatoms. The number of hydrazine groups is 1. The molecule has 0 aromatic heterocycles. The molecule has 0 radical (unpaired) electrons. The molecular formula is C27H41N5O3. The molecule has 0 saturated carbocycles. The maximum atomic E-state index is 11.9. The van der Waals surface area contributed by atoms with Crippen molar-refractivity contribution in [2.45, 2.75) is 53.0 Å². The molecule has 2 aromatic carbocycles. The second-order valence-electron chi connectivity index (χ2n) is 7.28. The molecule has 0 bridgehead atoms. The van der Waals surface area contributed by atoms with Gasteiger partial charge in [0.25, 0.3) is 5.91 Å². The summed E-state index contributed by atoms with van der Waals surface area (Å²) in [5.74, 6) is 4.73. The van der Waals surface area contributed by atoms with Crippen molar-refractivity contribution >= 4 is 23.4 Å². The first-order valence-electron chi connectivity index (χ1n) is 11.9. The van der Waals surface area contributed by atoms with E-state index in [4.69, 9.17) is 5.84 Å². The minimum absolute atomic E-state index is 0.0619. The molecule has 35 heavy (non-hydrogen) atoms. The van der Waals surface area contributed by atoms with Crippen molar-refractivity contribution in [1.29, 1.82) is 0 Å². The van der Waals surface area contributed by atoms with Gasteiger partial charge in [0.05, 0.1) is 0 Å². The predicted octanol–water partition coefficient (Wildman–Crippen LogP) is 3.83. The predicted molar refractivity (Wildman–Crippen MR) is 144 cm³/mol. The van der Waals surface area contributed by atoms with Crippen LogP contribution in [0, 0.1) is 6.92 Å². The van der Waals surface area contributed by atoms with E-state index in [0.29, 0.717) is 44.5 Å². The van der Waals surface area contributed by atoms with E-state index < -0.39 is 0 Å². The average Bonchev–Trinajstić information content (AvgIpc) is 2.89.